The molecule has 0 aromatic carbocycles. The van der Waals surface area contributed by atoms with E-state index < -0.39 is 33.7 Å². The Bertz CT molecular complexity index is 527. The summed E-state index contributed by atoms with van der Waals surface area (Å²) in [6, 6.07) is 0. The lowest BCUT2D eigenvalue weighted by Crippen LogP contribution is -2.63. The van der Waals surface area contributed by atoms with Gasteiger partial charge in [-0.15, -0.1) is 0 Å². The van der Waals surface area contributed by atoms with Gasteiger partial charge >= 0.3 is 0 Å². The molecule has 0 fully saturated rings. The fourth-order valence-electron chi connectivity index (χ4n) is 3.04. The zero-order valence-electron chi connectivity index (χ0n) is 22.3. The van der Waals surface area contributed by atoms with Crippen LogP contribution in [0.4, 0.5) is 0 Å². The molecule has 7 heteroatoms. The van der Waals surface area contributed by atoms with Crippen LogP contribution in [-0.4, -0.2) is 49.8 Å². The summed E-state index contributed by atoms with van der Waals surface area (Å²) in [5, 5.41) is -0.267. The average Bonchev–Trinajstić information content (AvgIpc) is 2.31. The van der Waals surface area contributed by atoms with Gasteiger partial charge in [0.1, 0.15) is 0 Å². The molecule has 0 aliphatic carbocycles. The fraction of sp³-hybridized carbons (Fsp3) is 1.00. The molecule has 0 amide bonds. The van der Waals surface area contributed by atoms with Gasteiger partial charge in [-0.2, -0.15) is 0 Å². The molecular weight excluding hydrogens is 413 g/mol. The molecule has 1 unspecified atom stereocenters. The van der Waals surface area contributed by atoms with E-state index in [9.17, 15) is 0 Å². The highest BCUT2D eigenvalue weighted by Crippen LogP contribution is 2.48. The van der Waals surface area contributed by atoms with Gasteiger partial charge in [-0.3, -0.25) is 0 Å². The van der Waals surface area contributed by atoms with E-state index in [1.54, 1.807) is 0 Å². The van der Waals surface area contributed by atoms with E-state index in [1.807, 2.05) is 0 Å². The van der Waals surface area contributed by atoms with Crippen molar-refractivity contribution < 1.29 is 13.3 Å². The molecule has 0 bridgehead atoms. The van der Waals surface area contributed by atoms with Crippen LogP contribution in [0.3, 0.4) is 0 Å². The van der Waals surface area contributed by atoms with Crippen molar-refractivity contribution in [3.8, 4) is 0 Å². The minimum Gasteiger partial charge on any atom is -0.418 e. The molecule has 0 aromatic rings. The van der Waals surface area contributed by atoms with E-state index in [2.05, 4.69) is 114 Å². The second kappa shape index (κ2) is 8.35. The van der Waals surface area contributed by atoms with Gasteiger partial charge in [0.25, 0.3) is 0 Å². The van der Waals surface area contributed by atoms with Crippen LogP contribution < -0.4 is 0 Å². The molecule has 0 aliphatic heterocycles. The largest absolute Gasteiger partial charge is 0.418 e. The van der Waals surface area contributed by atoms with Gasteiger partial charge in [-0.05, 0) is 80.8 Å². The SMILES string of the molecule is C[SiH](OC(C)(C)[Si](C)(C)C)C(C)(C)C(C)(C)O[Si](C)(C)C(C)(C)O[Si](C)(C)C. The van der Waals surface area contributed by atoms with E-state index >= 15 is 0 Å². The van der Waals surface area contributed by atoms with Gasteiger partial charge in [0, 0.05) is 10.3 Å². The molecule has 0 radical (unpaired) electrons. The monoisotopic (exact) mass is 464 g/mol. The molecular formula is C21H52O3Si4. The normalized spacial score (nSPS) is 17.0. The highest BCUT2D eigenvalue weighted by Gasteiger charge is 2.53. The molecule has 0 saturated carbocycles. The molecule has 0 saturated heterocycles. The summed E-state index contributed by atoms with van der Waals surface area (Å²) in [6.07, 6.45) is 0. The predicted molar refractivity (Wildman–Crippen MR) is 137 cm³/mol. The zero-order chi connectivity index (χ0) is 23.2. The molecule has 3 nitrogen and oxygen atoms in total. The average molecular weight is 465 g/mol. The first-order valence-corrected chi connectivity index (χ1v) is 22.9. The maximum absolute atomic E-state index is 7.02. The summed E-state index contributed by atoms with van der Waals surface area (Å²) in [4.78, 5) is 0. The maximum atomic E-state index is 7.02. The first-order valence-electron chi connectivity index (χ1n) is 10.9. The quantitative estimate of drug-likeness (QED) is 0.327. The van der Waals surface area contributed by atoms with Crippen molar-refractivity contribution in [2.45, 2.75) is 135 Å². The van der Waals surface area contributed by atoms with E-state index in [4.69, 9.17) is 13.3 Å². The Morgan fingerprint density at radius 3 is 1.32 bits per heavy atom. The summed E-state index contributed by atoms with van der Waals surface area (Å²) in [5.41, 5.74) is -0.274. The lowest BCUT2D eigenvalue weighted by Gasteiger charge is -2.53. The van der Waals surface area contributed by atoms with Crippen molar-refractivity contribution in [3.05, 3.63) is 0 Å². The summed E-state index contributed by atoms with van der Waals surface area (Å²) in [5.74, 6) is 0. The topological polar surface area (TPSA) is 27.7 Å². The highest BCUT2D eigenvalue weighted by molar-refractivity contribution is 6.79. The van der Waals surface area contributed by atoms with Crippen molar-refractivity contribution in [2.75, 3.05) is 0 Å². The van der Waals surface area contributed by atoms with Crippen molar-refractivity contribution in [1.29, 1.82) is 0 Å². The summed E-state index contributed by atoms with van der Waals surface area (Å²) in [6.45, 7) is 39.2. The predicted octanol–water partition coefficient (Wildman–Crippen LogP) is 6.96. The molecule has 0 spiro atoms. The molecule has 170 valence electrons. The van der Waals surface area contributed by atoms with Crippen molar-refractivity contribution in [2.24, 2.45) is 0 Å². The van der Waals surface area contributed by atoms with Gasteiger partial charge in [-0.1, -0.05) is 33.5 Å². The Morgan fingerprint density at radius 1 is 0.607 bits per heavy atom. The lowest BCUT2D eigenvalue weighted by atomic mass is 9.94. The molecule has 0 N–H and O–H groups in total. The van der Waals surface area contributed by atoms with Gasteiger partial charge in [0.05, 0.1) is 18.9 Å². The second-order valence-electron chi connectivity index (χ2n) is 13.1. The van der Waals surface area contributed by atoms with Crippen LogP contribution in [0.25, 0.3) is 0 Å². The molecule has 1 atom stereocenters. The third-order valence-electron chi connectivity index (χ3n) is 7.37. The Kier molecular flexibility index (Phi) is 8.58. The Balaban J connectivity index is 5.66. The lowest BCUT2D eigenvalue weighted by molar-refractivity contribution is 0.0201. The van der Waals surface area contributed by atoms with E-state index in [0.29, 0.717) is 0 Å². The van der Waals surface area contributed by atoms with Crippen molar-refractivity contribution >= 4 is 33.7 Å². The van der Waals surface area contributed by atoms with Crippen LogP contribution in [0.5, 0.6) is 0 Å². The standard InChI is InChI=1S/C21H52O3Si4/c1-18(2,23-28(16,17)21(7,8)24-27(13,14)15)19(3,4)25(9)22-20(5,6)26(10,11)12/h25H,1-17H3. The van der Waals surface area contributed by atoms with Crippen molar-refractivity contribution in [3.63, 3.8) is 0 Å². The number of rotatable bonds is 10. The zero-order valence-corrected chi connectivity index (χ0v) is 26.5. The first-order chi connectivity index (χ1) is 11.8. The van der Waals surface area contributed by atoms with E-state index in [0.717, 1.165) is 0 Å². The summed E-state index contributed by atoms with van der Waals surface area (Å²) < 4.78 is 20.5. The van der Waals surface area contributed by atoms with Gasteiger partial charge < -0.3 is 13.3 Å². The first kappa shape index (κ1) is 28.7. The second-order valence-corrected chi connectivity index (χ2v) is 30.6. The van der Waals surface area contributed by atoms with Crippen LogP contribution in [0, 0.1) is 0 Å². The van der Waals surface area contributed by atoms with Crippen molar-refractivity contribution in [1.82, 2.24) is 0 Å². The summed E-state index contributed by atoms with van der Waals surface area (Å²) in [7, 11) is -6.77. The van der Waals surface area contributed by atoms with Crippen LogP contribution in [0.2, 0.25) is 64.0 Å². The Morgan fingerprint density at radius 2 is 1.00 bits per heavy atom. The Labute approximate surface area is 182 Å². The molecule has 0 rings (SSSR count). The maximum Gasteiger partial charge on any atom is 0.216 e. The van der Waals surface area contributed by atoms with E-state index in [1.165, 1.54) is 0 Å². The van der Waals surface area contributed by atoms with Crippen LogP contribution >= 0.6 is 0 Å². The molecule has 0 aliphatic rings. The van der Waals surface area contributed by atoms with Crippen LogP contribution in [0.15, 0.2) is 0 Å². The molecule has 0 heterocycles. The highest BCUT2D eigenvalue weighted by atomic mass is 28.4. The van der Waals surface area contributed by atoms with Gasteiger partial charge in [-0.25, -0.2) is 0 Å². The van der Waals surface area contributed by atoms with Gasteiger partial charge in [0.15, 0.2) is 17.4 Å². The van der Waals surface area contributed by atoms with Gasteiger partial charge in [0.2, 0.25) is 8.32 Å². The molecule has 0 aromatic heterocycles. The molecule has 28 heavy (non-hydrogen) atoms. The third-order valence-corrected chi connectivity index (χ3v) is 20.4. The minimum atomic E-state index is -2.14. The van der Waals surface area contributed by atoms with E-state index in [-0.39, 0.29) is 21.1 Å². The van der Waals surface area contributed by atoms with Crippen LogP contribution in [0.1, 0.15) is 55.4 Å². The smallest absolute Gasteiger partial charge is 0.216 e. The minimum absolute atomic E-state index is 0.0105. The fourth-order valence-corrected chi connectivity index (χ4v) is 12.5. The van der Waals surface area contributed by atoms with Crippen LogP contribution in [-0.2, 0) is 13.3 Å². The summed E-state index contributed by atoms with van der Waals surface area (Å²) >= 11 is 0. The number of hydrogen-bond donors (Lipinski definition) is 0. The Hall–Kier alpha value is 0.748. The third kappa shape index (κ3) is 6.89. The number of hydrogen-bond acceptors (Lipinski definition) is 3.